The van der Waals surface area contributed by atoms with E-state index in [-0.39, 0.29) is 30.7 Å². The Morgan fingerprint density at radius 1 is 1.30 bits per heavy atom. The highest BCUT2D eigenvalue weighted by molar-refractivity contribution is 7.99. The van der Waals surface area contributed by atoms with Crippen LogP contribution in [0.3, 0.4) is 0 Å². The van der Waals surface area contributed by atoms with Crippen LogP contribution in [0.15, 0.2) is 35.9 Å². The summed E-state index contributed by atoms with van der Waals surface area (Å²) in [6.45, 7) is 10.4. The zero-order valence-corrected chi connectivity index (χ0v) is 34.3. The fourth-order valence-electron chi connectivity index (χ4n) is 6.85. The van der Waals surface area contributed by atoms with Gasteiger partial charge >= 0.3 is 12.1 Å². The summed E-state index contributed by atoms with van der Waals surface area (Å²) >= 11 is 7.56. The summed E-state index contributed by atoms with van der Waals surface area (Å²) in [5.41, 5.74) is -1.07. The van der Waals surface area contributed by atoms with Crippen molar-refractivity contribution in [3.05, 3.63) is 46.5 Å². The number of halogens is 1. The van der Waals surface area contributed by atoms with Gasteiger partial charge in [-0.15, -0.1) is 0 Å². The van der Waals surface area contributed by atoms with Crippen molar-refractivity contribution in [2.75, 3.05) is 39.4 Å². The number of allylic oxidation sites excluding steroid dienone is 3. The van der Waals surface area contributed by atoms with Crippen LogP contribution in [-0.2, 0) is 39.8 Å². The average molecular weight is 797 g/mol. The van der Waals surface area contributed by atoms with Crippen molar-refractivity contribution in [3.8, 4) is 5.75 Å². The summed E-state index contributed by atoms with van der Waals surface area (Å²) in [5, 5.41) is 14.5. The third kappa shape index (κ3) is 9.73. The average Bonchev–Trinajstić information content (AvgIpc) is 3.81. The number of esters is 1. The smallest absolute Gasteiger partial charge is 0.409 e. The van der Waals surface area contributed by atoms with E-state index in [0.717, 1.165) is 22.9 Å². The van der Waals surface area contributed by atoms with Crippen molar-refractivity contribution in [1.29, 1.82) is 0 Å². The molecule has 0 aromatic heterocycles. The van der Waals surface area contributed by atoms with Gasteiger partial charge in [-0.25, -0.2) is 9.59 Å². The number of carbonyl (C=O) groups excluding carboxylic acids is 4. The molecule has 0 spiro atoms. The van der Waals surface area contributed by atoms with E-state index in [2.05, 4.69) is 5.32 Å². The van der Waals surface area contributed by atoms with Gasteiger partial charge in [-0.3, -0.25) is 14.9 Å². The zero-order chi connectivity index (χ0) is 42.8. The van der Waals surface area contributed by atoms with Gasteiger partial charge < -0.3 is 38.6 Å². The Hall–Kier alpha value is -3.30. The number of hydrogen-bond acceptors (Lipinski definition) is 11. The molecule has 54 heavy (non-hydrogen) atoms. The highest BCUT2D eigenvalue weighted by atomic mass is 35.5. The quantitative estimate of drug-likeness (QED) is 0.243. The van der Waals surface area contributed by atoms with Crippen LogP contribution in [0.4, 0.5) is 10.5 Å². The molecule has 13 nitrogen and oxygen atoms in total. The lowest BCUT2D eigenvalue weighted by atomic mass is 9.83. The zero-order valence-electron chi connectivity index (χ0n) is 35.7. The van der Waals surface area contributed by atoms with Crippen LogP contribution >= 0.6 is 23.4 Å². The van der Waals surface area contributed by atoms with E-state index < -0.39 is 82.5 Å². The van der Waals surface area contributed by atoms with E-state index in [1.165, 1.54) is 38.0 Å². The fourth-order valence-corrected chi connectivity index (χ4v) is 7.37. The molecule has 4 bridgehead atoms. The van der Waals surface area contributed by atoms with Gasteiger partial charge in [-0.1, -0.05) is 56.2 Å². The lowest BCUT2D eigenvalue weighted by Crippen LogP contribution is -2.63. The third-order valence-electron chi connectivity index (χ3n) is 10.7. The largest absolute Gasteiger partial charge is 0.495 e. The van der Waals surface area contributed by atoms with Crippen molar-refractivity contribution >= 4 is 52.9 Å². The number of amides is 3. The molecular formula is C39H56ClN3O10S. The maximum atomic E-state index is 14.2. The molecule has 15 heteroatoms. The fraction of sp³-hybridized carbons (Fsp3) is 0.641. The molecular weight excluding hydrogens is 738 g/mol. The molecule has 2 N–H and O–H groups in total. The summed E-state index contributed by atoms with van der Waals surface area (Å²) in [4.78, 5) is 56.8. The predicted octanol–water partition coefficient (Wildman–Crippen LogP) is 5.44. The number of aliphatic hydroxyl groups is 1. The Morgan fingerprint density at radius 2 is 2.00 bits per heavy atom. The lowest BCUT2D eigenvalue weighted by molar-refractivity contribution is -0.162. The molecule has 0 radical (unpaired) electrons. The molecule has 1 aromatic carbocycles. The molecule has 4 rings (SSSR count). The monoisotopic (exact) mass is 796 g/mol. The Bertz CT molecular complexity index is 1760. The van der Waals surface area contributed by atoms with Gasteiger partial charge in [0.1, 0.15) is 40.7 Å². The van der Waals surface area contributed by atoms with Crippen LogP contribution in [0.5, 0.6) is 5.75 Å². The SMILES string of the molecule is [2H]C([2H])([2H])SC(C)(C)CCC(=O)N(C)[C@@H](C)C(=O)O[C@H]1CC(=O)N(C)c2cc(cc(OC)c2Cl)C/C(C)=C/C=C/[C@@H](OC)[C@@]2(O)C[C@H](OC(=O)N2)[C@@H](C)[C@@H]2O[C@@]12C. The summed E-state index contributed by atoms with van der Waals surface area (Å²) in [6.07, 6.45) is -1.41. The second kappa shape index (κ2) is 17.2. The topological polar surface area (TPSA) is 156 Å². The predicted molar refractivity (Wildman–Crippen MR) is 208 cm³/mol. The minimum absolute atomic E-state index is 0.0169. The standard InChI is InChI=1S/C39H56ClN3O10S/c1-22-13-12-14-29(50-10)39(48)21-28(51-36(47)41-39)23(2)34-38(6,53-34)30(52-35(46)24(3)42(7)31(44)15-16-37(4,5)54-11)20-32(45)43(8)26-18-25(17-22)19-27(49-9)33(26)40/h12-14,18-19,23-24,28-30,34,48H,15-17,20-21H2,1-11H3,(H,41,47)/b14-12+,22-13+/t23-,24+,28+,29-,30+,34+,38+,39+/m1/s1/i11D3. The summed E-state index contributed by atoms with van der Waals surface area (Å²) < 4.78 is 51.3. The minimum atomic E-state index is -2.24. The molecule has 300 valence electrons. The van der Waals surface area contributed by atoms with Gasteiger partial charge in [0.15, 0.2) is 5.72 Å². The van der Waals surface area contributed by atoms with Gasteiger partial charge in [0.2, 0.25) is 11.8 Å². The first-order chi connectivity index (χ1) is 26.3. The first kappa shape index (κ1) is 39.0. The molecule has 8 atom stereocenters. The number of nitrogens with one attached hydrogen (secondary N) is 1. The first-order valence-corrected chi connectivity index (χ1v) is 19.1. The van der Waals surface area contributed by atoms with E-state index in [4.69, 9.17) is 39.4 Å². The lowest BCUT2D eigenvalue weighted by Gasteiger charge is -2.42. The number of alkyl carbamates (subject to hydrolysis) is 1. The number of nitrogens with zero attached hydrogens (tertiary/aromatic N) is 2. The molecule has 0 saturated carbocycles. The van der Waals surface area contributed by atoms with Crippen LogP contribution in [0.1, 0.15) is 76.9 Å². The van der Waals surface area contributed by atoms with Crippen LogP contribution in [-0.4, -0.2) is 115 Å². The van der Waals surface area contributed by atoms with Crippen molar-refractivity contribution in [1.82, 2.24) is 10.2 Å². The van der Waals surface area contributed by atoms with E-state index in [9.17, 15) is 24.3 Å². The Labute approximate surface area is 332 Å². The molecule has 1 aromatic rings. The van der Waals surface area contributed by atoms with Crippen LogP contribution in [0, 0.1) is 5.92 Å². The summed E-state index contributed by atoms with van der Waals surface area (Å²) in [5.74, 6) is -1.89. The van der Waals surface area contributed by atoms with Crippen LogP contribution < -0.4 is 15.0 Å². The highest BCUT2D eigenvalue weighted by Crippen LogP contribution is 2.49. The number of rotatable bonds is 9. The summed E-state index contributed by atoms with van der Waals surface area (Å²) in [7, 11) is 5.90. The number of hydrogen-bond donors (Lipinski definition) is 2. The molecule has 3 amide bonds. The normalized spacial score (nSPS) is 32.2. The maximum absolute atomic E-state index is 14.2. The van der Waals surface area contributed by atoms with E-state index in [1.54, 1.807) is 59.0 Å². The van der Waals surface area contributed by atoms with Crippen LogP contribution in [0.2, 0.25) is 5.02 Å². The third-order valence-corrected chi connectivity index (χ3v) is 11.9. The number of ether oxygens (including phenoxy) is 5. The number of methoxy groups -OCH3 is 2. The number of thioether (sulfide) groups is 1. The van der Waals surface area contributed by atoms with Crippen molar-refractivity contribution < 1.29 is 52.1 Å². The number of epoxide rings is 1. The van der Waals surface area contributed by atoms with E-state index >= 15 is 0 Å². The Morgan fingerprint density at radius 3 is 2.65 bits per heavy atom. The van der Waals surface area contributed by atoms with E-state index in [1.807, 2.05) is 13.0 Å². The van der Waals surface area contributed by atoms with Gasteiger partial charge in [-0.05, 0) is 57.5 Å². The van der Waals surface area contributed by atoms with Gasteiger partial charge in [0.05, 0.1) is 25.3 Å². The minimum Gasteiger partial charge on any atom is -0.495 e. The maximum Gasteiger partial charge on any atom is 0.409 e. The Balaban J connectivity index is 1.69. The number of carbonyl (C=O) groups is 4. The molecule has 3 aliphatic rings. The van der Waals surface area contributed by atoms with Crippen LogP contribution in [0.25, 0.3) is 0 Å². The second-order valence-corrected chi connectivity index (χ2v) is 17.0. The van der Waals surface area contributed by atoms with Gasteiger partial charge in [0, 0.05) is 48.8 Å². The summed E-state index contributed by atoms with van der Waals surface area (Å²) in [6, 6.07) is 2.45. The molecule has 3 heterocycles. The van der Waals surface area contributed by atoms with Gasteiger partial charge in [-0.2, -0.15) is 11.8 Å². The van der Waals surface area contributed by atoms with Gasteiger partial charge in [0.25, 0.3) is 0 Å². The molecule has 0 unspecified atom stereocenters. The second-order valence-electron chi connectivity index (χ2n) is 15.3. The number of benzene rings is 1. The number of anilines is 1. The first-order valence-electron chi connectivity index (χ1n) is 19.4. The molecule has 2 fully saturated rings. The number of likely N-dealkylation sites (N-methyl/N-ethyl adjacent to an activating group) is 1. The molecule has 2 saturated heterocycles. The Kier molecular flexibility index (Phi) is 12.4. The molecule has 3 aliphatic heterocycles. The highest BCUT2D eigenvalue weighted by Gasteiger charge is 2.64. The number of fused-ring (bicyclic) bond motifs is 5. The van der Waals surface area contributed by atoms with E-state index in [0.29, 0.717) is 17.9 Å². The molecule has 0 aliphatic carbocycles. The van der Waals surface area contributed by atoms with Crippen molar-refractivity contribution in [3.63, 3.8) is 0 Å². The van der Waals surface area contributed by atoms with Crippen molar-refractivity contribution in [2.45, 2.75) is 120 Å². The van der Waals surface area contributed by atoms with Crippen molar-refractivity contribution in [2.24, 2.45) is 5.92 Å².